The maximum absolute atomic E-state index is 14.1. The van der Waals surface area contributed by atoms with E-state index in [-0.39, 0.29) is 77.1 Å². The highest BCUT2D eigenvalue weighted by Crippen LogP contribution is 2.38. The molecule has 2 N–H and O–H groups in total. The number of nitrogens with one attached hydrogen (secondary N) is 2. The number of pyridine rings is 1. The Labute approximate surface area is 407 Å². The van der Waals surface area contributed by atoms with Crippen LogP contribution >= 0.6 is 0 Å². The van der Waals surface area contributed by atoms with Crippen molar-refractivity contribution in [3.8, 4) is 5.75 Å². The van der Waals surface area contributed by atoms with E-state index >= 15 is 0 Å². The monoisotopic (exact) mass is 963 g/mol. The second-order valence-corrected chi connectivity index (χ2v) is 19.5. The average molecular weight is 964 g/mol. The zero-order valence-electron chi connectivity index (χ0n) is 40.5. The number of benzene rings is 2. The Hall–Kier alpha value is -6.23. The third kappa shape index (κ3) is 11.7. The van der Waals surface area contributed by atoms with Crippen molar-refractivity contribution in [1.82, 2.24) is 40.3 Å². The third-order valence-electron chi connectivity index (χ3n) is 14.8. The highest BCUT2D eigenvalue weighted by atomic mass is 19.4. The number of nitrogens with zero attached hydrogens (tertiary/aromatic N) is 7. The number of ether oxygens (including phenoxy) is 1. The van der Waals surface area contributed by atoms with Crippen molar-refractivity contribution in [2.45, 2.75) is 127 Å². The van der Waals surface area contributed by atoms with E-state index in [4.69, 9.17) is 4.74 Å². The number of aromatic nitrogens is 3. The largest absolute Gasteiger partial charge is 0.494 e. The van der Waals surface area contributed by atoms with E-state index in [1.807, 2.05) is 24.3 Å². The Morgan fingerprint density at radius 2 is 1.77 bits per heavy atom. The molecular weight excluding hydrogens is 900 g/mol. The van der Waals surface area contributed by atoms with Gasteiger partial charge >= 0.3 is 6.18 Å². The predicted molar refractivity (Wildman–Crippen MR) is 261 cm³/mol. The average Bonchev–Trinajstić information content (AvgIpc) is 3.88. The Bertz CT molecular complexity index is 2570. The van der Waals surface area contributed by atoms with Gasteiger partial charge in [0.25, 0.3) is 5.91 Å². The molecule has 4 aromatic rings. The highest BCUT2D eigenvalue weighted by Gasteiger charge is 2.44. The van der Waals surface area contributed by atoms with Crippen molar-refractivity contribution in [1.29, 1.82) is 0 Å². The van der Waals surface area contributed by atoms with Crippen molar-refractivity contribution in [3.63, 3.8) is 0 Å². The lowest BCUT2D eigenvalue weighted by Gasteiger charge is -2.45. The number of aliphatic imine (C=N–C) groups is 1. The van der Waals surface area contributed by atoms with Crippen molar-refractivity contribution in [2.75, 3.05) is 33.8 Å². The minimum absolute atomic E-state index is 0.0211. The van der Waals surface area contributed by atoms with Gasteiger partial charge in [-0.3, -0.25) is 24.2 Å². The summed E-state index contributed by atoms with van der Waals surface area (Å²) in [5.41, 5.74) is 2.84. The molecule has 2 saturated heterocycles. The first kappa shape index (κ1) is 50.2. The number of hydrogen-bond donors (Lipinski definition) is 2. The fourth-order valence-electron chi connectivity index (χ4n) is 10.5. The number of fused-ring (bicyclic) bond motifs is 1. The summed E-state index contributed by atoms with van der Waals surface area (Å²) in [5.74, 6) is -0.286. The summed E-state index contributed by atoms with van der Waals surface area (Å²) in [6.07, 6.45) is 10.6. The van der Waals surface area contributed by atoms with Crippen LogP contribution in [-0.2, 0) is 25.4 Å². The van der Waals surface area contributed by atoms with Crippen LogP contribution in [0.25, 0.3) is 16.5 Å². The second-order valence-electron chi connectivity index (χ2n) is 19.5. The molecule has 4 heterocycles. The molecule has 2 aromatic carbocycles. The van der Waals surface area contributed by atoms with E-state index in [1.54, 1.807) is 29.2 Å². The molecule has 6 atom stereocenters. The summed E-state index contributed by atoms with van der Waals surface area (Å²) < 4.78 is 46.8. The number of allylic oxidation sites excluding steroid dienone is 2. The molecule has 17 heteroatoms. The first-order valence-electron chi connectivity index (χ1n) is 24.7. The Balaban J connectivity index is 0.800. The topological polar surface area (TPSA) is 162 Å². The molecule has 2 aliphatic heterocycles. The summed E-state index contributed by atoms with van der Waals surface area (Å²) in [6, 6.07) is 14.7. The standard InChI is InChI=1S/C53H64F3N9O5/c1-33(2)63(3)39-18-22-46(65-26-23-44(52(65)69)61-49-41-28-38(53(54,55)56)17-21-43(41)59-32-60-49)45(29-39)62-50(67)36-13-11-34(12-14-36)35-15-19-40(20-16-35)70-27-8-6-5-7-25-58-51(68)42-30-47(66)64(4)48(42)37-10-9-24-57-31-37/h9-11,15-17,19-21,24,28,31-33,36,39,42,45-46,48H,5-8,12-14,18,22-23,25-27,29-30H2,1-4H3,(H,58,68)(H,62,67)/t36?,39-,42+,45-,46+,48-/m1/s1. The zero-order chi connectivity index (χ0) is 49.5. The number of hydrogen-bond acceptors (Lipinski definition) is 10. The predicted octanol–water partition coefficient (Wildman–Crippen LogP) is 8.25. The van der Waals surface area contributed by atoms with Crippen LogP contribution in [-0.4, -0.2) is 117 Å². The van der Waals surface area contributed by atoms with Crippen LogP contribution in [0, 0.1) is 11.8 Å². The number of carbonyl (C=O) groups excluding carboxylic acids is 4. The minimum atomic E-state index is -4.56. The number of likely N-dealkylation sites (tertiary alicyclic amines) is 2. The molecule has 372 valence electrons. The Morgan fingerprint density at radius 1 is 0.971 bits per heavy atom. The molecule has 1 unspecified atom stereocenters. The SMILES string of the molecule is CC(C)N(C)[C@@H]1CC[C@H](N2CCC(=Nc3ncnc4ccc(C(F)(F)F)cc34)C2=O)[C@H](NC(=O)C2CC=C(c3ccc(OCCCCCCNC(=O)[C@H]4CC(=O)N(C)[C@@H]4c4cccnc4)cc3)CC2)C1. The molecule has 70 heavy (non-hydrogen) atoms. The summed E-state index contributed by atoms with van der Waals surface area (Å²) in [5, 5.41) is 6.55. The molecule has 14 nitrogen and oxygen atoms in total. The van der Waals surface area contributed by atoms with E-state index in [9.17, 15) is 32.3 Å². The van der Waals surface area contributed by atoms with Crippen LogP contribution in [0.15, 0.2) is 84.4 Å². The van der Waals surface area contributed by atoms with Gasteiger partial charge in [0.15, 0.2) is 5.82 Å². The number of carbonyl (C=O) groups is 4. The van der Waals surface area contributed by atoms with Crippen LogP contribution in [0.1, 0.15) is 114 Å². The first-order valence-corrected chi connectivity index (χ1v) is 24.7. The smallest absolute Gasteiger partial charge is 0.416 e. The second kappa shape index (κ2) is 22.2. The van der Waals surface area contributed by atoms with Crippen LogP contribution in [0.3, 0.4) is 0 Å². The molecule has 4 aliphatic rings. The van der Waals surface area contributed by atoms with Crippen molar-refractivity contribution >= 4 is 51.6 Å². The fraction of sp³-hybridized carbons (Fsp3) is 0.509. The van der Waals surface area contributed by atoms with E-state index in [2.05, 4.69) is 74.6 Å². The number of halogens is 3. The summed E-state index contributed by atoms with van der Waals surface area (Å²) in [4.78, 5) is 76.3. The number of alkyl halides is 3. The van der Waals surface area contributed by atoms with Crippen molar-refractivity contribution in [2.24, 2.45) is 16.8 Å². The summed E-state index contributed by atoms with van der Waals surface area (Å²) >= 11 is 0. The lowest BCUT2D eigenvalue weighted by molar-refractivity contribution is -0.137. The van der Waals surface area contributed by atoms with E-state index in [1.165, 1.54) is 18.0 Å². The lowest BCUT2D eigenvalue weighted by atomic mass is 9.83. The van der Waals surface area contributed by atoms with Gasteiger partial charge in [-0.05, 0) is 125 Å². The van der Waals surface area contributed by atoms with Gasteiger partial charge in [0, 0.05) is 68.8 Å². The maximum atomic E-state index is 14.1. The van der Waals surface area contributed by atoms with Gasteiger partial charge in [-0.15, -0.1) is 0 Å². The zero-order valence-corrected chi connectivity index (χ0v) is 40.5. The van der Waals surface area contributed by atoms with Gasteiger partial charge in [0.05, 0.1) is 41.7 Å². The molecule has 0 radical (unpaired) electrons. The molecule has 0 bridgehead atoms. The van der Waals surface area contributed by atoms with Crippen LogP contribution in [0.4, 0.5) is 19.0 Å². The first-order chi connectivity index (χ1) is 33.7. The molecule has 1 saturated carbocycles. The third-order valence-corrected chi connectivity index (χ3v) is 14.8. The van der Waals surface area contributed by atoms with Gasteiger partial charge in [-0.1, -0.05) is 37.1 Å². The molecular formula is C53H64F3N9O5. The Kier molecular flexibility index (Phi) is 15.9. The van der Waals surface area contributed by atoms with Gasteiger partial charge in [-0.25, -0.2) is 15.0 Å². The molecule has 2 aliphatic carbocycles. The number of unbranched alkanes of at least 4 members (excludes halogenated alkanes) is 3. The summed E-state index contributed by atoms with van der Waals surface area (Å²) in [7, 11) is 3.84. The summed E-state index contributed by atoms with van der Waals surface area (Å²) in [6.45, 7) is 5.82. The maximum Gasteiger partial charge on any atom is 0.416 e. The van der Waals surface area contributed by atoms with Crippen LogP contribution in [0.2, 0.25) is 0 Å². The fourth-order valence-corrected chi connectivity index (χ4v) is 10.5. The normalized spacial score (nSPS) is 23.7. The molecule has 8 rings (SSSR count). The molecule has 4 amide bonds. The number of rotatable bonds is 17. The number of amides is 4. The Morgan fingerprint density at radius 3 is 2.50 bits per heavy atom. The van der Waals surface area contributed by atoms with Crippen molar-refractivity contribution in [3.05, 3.63) is 96.1 Å². The van der Waals surface area contributed by atoms with E-state index in [0.29, 0.717) is 63.4 Å². The van der Waals surface area contributed by atoms with Gasteiger partial charge in [0.1, 0.15) is 17.8 Å². The molecule has 0 spiro atoms. The van der Waals surface area contributed by atoms with Gasteiger partial charge < -0.3 is 30.1 Å². The quantitative estimate of drug-likeness (QED) is 0.0993. The molecule has 2 aromatic heterocycles. The van der Waals surface area contributed by atoms with Gasteiger partial charge in [-0.2, -0.15) is 13.2 Å². The van der Waals surface area contributed by atoms with Crippen LogP contribution < -0.4 is 15.4 Å². The minimum Gasteiger partial charge on any atom is -0.494 e. The van der Waals surface area contributed by atoms with E-state index in [0.717, 1.165) is 67.5 Å². The lowest BCUT2D eigenvalue weighted by Crippen LogP contribution is -2.59. The van der Waals surface area contributed by atoms with Crippen LogP contribution in [0.5, 0.6) is 5.75 Å². The van der Waals surface area contributed by atoms with E-state index < -0.39 is 17.7 Å². The van der Waals surface area contributed by atoms with Crippen molar-refractivity contribution < 1.29 is 37.1 Å². The van der Waals surface area contributed by atoms with Gasteiger partial charge in [0.2, 0.25) is 17.7 Å². The molecule has 3 fully saturated rings. The highest BCUT2D eigenvalue weighted by molar-refractivity contribution is 6.41.